The summed E-state index contributed by atoms with van der Waals surface area (Å²) < 4.78 is 7.66. The summed E-state index contributed by atoms with van der Waals surface area (Å²) in [5.74, 6) is 1.80. The smallest absolute Gasteiger partial charge is 0.154 e. The van der Waals surface area contributed by atoms with Crippen LogP contribution in [0.5, 0.6) is 0 Å². The van der Waals surface area contributed by atoms with Crippen LogP contribution in [0.4, 0.5) is 0 Å². The average molecular weight is 267 g/mol. The van der Waals surface area contributed by atoms with E-state index in [1.165, 1.54) is 11.1 Å². The molecule has 0 fully saturated rings. The molecule has 0 bridgehead atoms. The fourth-order valence-electron chi connectivity index (χ4n) is 2.22. The Morgan fingerprint density at radius 2 is 2.00 bits per heavy atom. The highest BCUT2D eigenvalue weighted by molar-refractivity contribution is 5.51. The molecule has 3 rings (SSSR count). The lowest BCUT2D eigenvalue weighted by molar-refractivity contribution is 0.520. The first-order chi connectivity index (χ1) is 9.78. The summed E-state index contributed by atoms with van der Waals surface area (Å²) in [6.07, 6.45) is 2.63. The van der Waals surface area contributed by atoms with Crippen molar-refractivity contribution in [3.63, 3.8) is 0 Å². The Balaban J connectivity index is 1.92. The minimum absolute atomic E-state index is 0.699. The van der Waals surface area contributed by atoms with Gasteiger partial charge in [-0.2, -0.15) is 0 Å². The molecule has 0 aliphatic heterocycles. The van der Waals surface area contributed by atoms with Gasteiger partial charge in [0.05, 0.1) is 12.7 Å². The third-order valence-electron chi connectivity index (χ3n) is 3.46. The van der Waals surface area contributed by atoms with E-state index in [4.69, 9.17) is 4.42 Å². The first-order valence-corrected chi connectivity index (χ1v) is 6.80. The highest BCUT2D eigenvalue weighted by Crippen LogP contribution is 2.22. The van der Waals surface area contributed by atoms with Crippen molar-refractivity contribution in [2.24, 2.45) is 0 Å². The minimum Gasteiger partial charge on any atom is -0.459 e. The molecule has 3 aromatic rings. The van der Waals surface area contributed by atoms with Crippen LogP contribution in [0.25, 0.3) is 11.5 Å². The summed E-state index contributed by atoms with van der Waals surface area (Å²) in [6.45, 7) is 4.88. The van der Waals surface area contributed by atoms with E-state index in [0.29, 0.717) is 6.54 Å². The molecule has 0 atom stereocenters. The van der Waals surface area contributed by atoms with Crippen molar-refractivity contribution in [2.45, 2.75) is 26.8 Å². The summed E-state index contributed by atoms with van der Waals surface area (Å²) in [5.41, 5.74) is 3.40. The molecule has 20 heavy (non-hydrogen) atoms. The molecule has 2 aromatic heterocycles. The molecular formula is C16H17N3O. The van der Waals surface area contributed by atoms with E-state index in [9.17, 15) is 0 Å². The van der Waals surface area contributed by atoms with Crippen molar-refractivity contribution in [2.75, 3.05) is 0 Å². The first kappa shape index (κ1) is 12.7. The van der Waals surface area contributed by atoms with Crippen molar-refractivity contribution in [3.8, 4) is 11.5 Å². The van der Waals surface area contributed by atoms with Gasteiger partial charge in [-0.05, 0) is 30.2 Å². The predicted molar refractivity (Wildman–Crippen MR) is 77.4 cm³/mol. The molecule has 0 saturated heterocycles. The zero-order valence-corrected chi connectivity index (χ0v) is 11.7. The number of aryl methyl sites for hydroxylation is 2. The van der Waals surface area contributed by atoms with Crippen LogP contribution in [0.2, 0.25) is 0 Å². The van der Waals surface area contributed by atoms with Crippen molar-refractivity contribution in [1.29, 1.82) is 0 Å². The molecule has 0 aliphatic carbocycles. The molecule has 0 aliphatic rings. The van der Waals surface area contributed by atoms with E-state index in [-0.39, 0.29) is 0 Å². The quantitative estimate of drug-likeness (QED) is 0.727. The molecule has 0 unspecified atom stereocenters. The summed E-state index contributed by atoms with van der Waals surface area (Å²) in [7, 11) is 0. The summed E-state index contributed by atoms with van der Waals surface area (Å²) in [6, 6.07) is 12.3. The number of aromatic nitrogens is 3. The van der Waals surface area contributed by atoms with Gasteiger partial charge in [-0.1, -0.05) is 36.4 Å². The van der Waals surface area contributed by atoms with Gasteiger partial charge in [0.25, 0.3) is 0 Å². The zero-order chi connectivity index (χ0) is 13.9. The van der Waals surface area contributed by atoms with Crippen LogP contribution >= 0.6 is 0 Å². The van der Waals surface area contributed by atoms with Gasteiger partial charge < -0.3 is 4.42 Å². The van der Waals surface area contributed by atoms with Crippen LogP contribution in [0.15, 0.2) is 47.0 Å². The number of benzene rings is 1. The molecule has 0 amide bonds. The fourth-order valence-corrected chi connectivity index (χ4v) is 2.22. The molecule has 0 radical (unpaired) electrons. The van der Waals surface area contributed by atoms with Gasteiger partial charge in [-0.25, -0.2) is 4.68 Å². The third kappa shape index (κ3) is 2.37. The van der Waals surface area contributed by atoms with Crippen LogP contribution in [0.1, 0.15) is 23.8 Å². The Labute approximate surface area is 118 Å². The van der Waals surface area contributed by atoms with Gasteiger partial charge in [-0.15, -0.1) is 5.10 Å². The second-order valence-corrected chi connectivity index (χ2v) is 4.82. The van der Waals surface area contributed by atoms with Gasteiger partial charge in [0.1, 0.15) is 11.5 Å². The zero-order valence-electron chi connectivity index (χ0n) is 11.7. The maximum Gasteiger partial charge on any atom is 0.154 e. The van der Waals surface area contributed by atoms with Gasteiger partial charge in [-0.3, -0.25) is 0 Å². The van der Waals surface area contributed by atoms with Gasteiger partial charge >= 0.3 is 0 Å². The Morgan fingerprint density at radius 3 is 2.75 bits per heavy atom. The number of furan rings is 1. The monoisotopic (exact) mass is 267 g/mol. The predicted octanol–water partition coefficient (Wildman–Crippen LogP) is 3.46. The molecule has 0 spiro atoms. The SMILES string of the molecule is CCc1ccc(-c2cnnn2Cc2ccccc2C)o1. The number of hydrogen-bond acceptors (Lipinski definition) is 3. The average Bonchev–Trinajstić information content (AvgIpc) is 3.09. The minimum atomic E-state index is 0.699. The Morgan fingerprint density at radius 1 is 1.15 bits per heavy atom. The van der Waals surface area contributed by atoms with E-state index in [1.807, 2.05) is 28.9 Å². The van der Waals surface area contributed by atoms with Crippen LogP contribution in [-0.4, -0.2) is 15.0 Å². The number of nitrogens with zero attached hydrogens (tertiary/aromatic N) is 3. The summed E-state index contributed by atoms with van der Waals surface area (Å²) in [5, 5.41) is 8.18. The molecule has 1 aromatic carbocycles. The van der Waals surface area contributed by atoms with E-state index >= 15 is 0 Å². The number of rotatable bonds is 4. The van der Waals surface area contributed by atoms with E-state index in [1.54, 1.807) is 6.20 Å². The van der Waals surface area contributed by atoms with Gasteiger partial charge in [0.2, 0.25) is 0 Å². The normalized spacial score (nSPS) is 10.9. The second-order valence-electron chi connectivity index (χ2n) is 4.82. The maximum atomic E-state index is 5.78. The molecular weight excluding hydrogens is 250 g/mol. The fraction of sp³-hybridized carbons (Fsp3) is 0.250. The standard InChI is InChI=1S/C16H17N3O/c1-3-14-8-9-16(20-14)15-10-17-18-19(15)11-13-7-5-4-6-12(13)2/h4-10H,3,11H2,1-2H3. The summed E-state index contributed by atoms with van der Waals surface area (Å²) >= 11 is 0. The van der Waals surface area contributed by atoms with E-state index in [2.05, 4.69) is 36.3 Å². The van der Waals surface area contributed by atoms with Crippen LogP contribution in [0.3, 0.4) is 0 Å². The van der Waals surface area contributed by atoms with Crippen molar-refractivity contribution >= 4 is 0 Å². The highest BCUT2D eigenvalue weighted by Gasteiger charge is 2.11. The molecule has 0 N–H and O–H groups in total. The summed E-state index contributed by atoms with van der Waals surface area (Å²) in [4.78, 5) is 0. The first-order valence-electron chi connectivity index (χ1n) is 6.80. The molecule has 2 heterocycles. The van der Waals surface area contributed by atoms with Crippen molar-refractivity contribution in [1.82, 2.24) is 15.0 Å². The Kier molecular flexibility index (Phi) is 3.37. The molecule has 4 heteroatoms. The Bertz CT molecular complexity index is 712. The largest absolute Gasteiger partial charge is 0.459 e. The lowest BCUT2D eigenvalue weighted by atomic mass is 10.1. The molecule has 102 valence electrons. The number of hydrogen-bond donors (Lipinski definition) is 0. The maximum absolute atomic E-state index is 5.78. The second kappa shape index (κ2) is 5.33. The lowest BCUT2D eigenvalue weighted by Gasteiger charge is -2.07. The third-order valence-corrected chi connectivity index (χ3v) is 3.46. The topological polar surface area (TPSA) is 43.9 Å². The highest BCUT2D eigenvalue weighted by atomic mass is 16.3. The molecule has 0 saturated carbocycles. The van der Waals surface area contributed by atoms with E-state index < -0.39 is 0 Å². The lowest BCUT2D eigenvalue weighted by Crippen LogP contribution is -2.05. The van der Waals surface area contributed by atoms with Crippen LogP contribution < -0.4 is 0 Å². The van der Waals surface area contributed by atoms with Gasteiger partial charge in [0, 0.05) is 6.42 Å². The Hall–Kier alpha value is -2.36. The van der Waals surface area contributed by atoms with E-state index in [0.717, 1.165) is 23.6 Å². The molecule has 4 nitrogen and oxygen atoms in total. The van der Waals surface area contributed by atoms with Gasteiger partial charge in [0.15, 0.2) is 5.76 Å². The van der Waals surface area contributed by atoms with Crippen LogP contribution in [-0.2, 0) is 13.0 Å². The van der Waals surface area contributed by atoms with Crippen molar-refractivity contribution < 1.29 is 4.42 Å². The van der Waals surface area contributed by atoms with Crippen LogP contribution in [0, 0.1) is 6.92 Å². The van der Waals surface area contributed by atoms with Crippen molar-refractivity contribution in [3.05, 3.63) is 59.5 Å².